The van der Waals surface area contributed by atoms with E-state index in [1.807, 2.05) is 17.5 Å². The molecule has 35 heavy (non-hydrogen) atoms. The maximum atomic E-state index is 13.3. The van der Waals surface area contributed by atoms with E-state index in [4.69, 9.17) is 9.15 Å². The molecule has 10 nitrogen and oxygen atoms in total. The second-order valence-electron chi connectivity index (χ2n) is 7.89. The highest BCUT2D eigenvalue weighted by Crippen LogP contribution is 2.33. The van der Waals surface area contributed by atoms with Gasteiger partial charge in [0, 0.05) is 11.3 Å². The number of hydrogen-bond acceptors (Lipinski definition) is 8. The van der Waals surface area contributed by atoms with E-state index in [0.717, 1.165) is 15.3 Å². The van der Waals surface area contributed by atoms with Crippen molar-refractivity contribution >= 4 is 40.8 Å². The van der Waals surface area contributed by atoms with E-state index < -0.39 is 36.3 Å². The molecule has 5 rings (SSSR count). The molecule has 0 bridgehead atoms. The minimum atomic E-state index is -1.03. The number of amides is 5. The molecular formula is C24H20N4O6S. The van der Waals surface area contributed by atoms with Crippen molar-refractivity contribution in [3.8, 4) is 5.75 Å². The average Bonchev–Trinajstić information content (AvgIpc) is 3.67. The van der Waals surface area contributed by atoms with Gasteiger partial charge in [-0.1, -0.05) is 6.07 Å². The number of methoxy groups -OCH3 is 1. The van der Waals surface area contributed by atoms with Crippen molar-refractivity contribution < 1.29 is 28.3 Å². The Kier molecular flexibility index (Phi) is 5.91. The molecule has 2 aliphatic rings. The van der Waals surface area contributed by atoms with E-state index >= 15 is 0 Å². The van der Waals surface area contributed by atoms with Gasteiger partial charge in [0.15, 0.2) is 0 Å². The number of urea groups is 1. The summed E-state index contributed by atoms with van der Waals surface area (Å²) in [5.41, 5.74) is 1.43. The largest absolute Gasteiger partial charge is 0.497 e. The van der Waals surface area contributed by atoms with Crippen LogP contribution < -0.4 is 4.74 Å². The minimum Gasteiger partial charge on any atom is -0.497 e. The zero-order valence-electron chi connectivity index (χ0n) is 18.6. The highest BCUT2D eigenvalue weighted by molar-refractivity contribution is 7.09. The van der Waals surface area contributed by atoms with Crippen LogP contribution in [0.25, 0.3) is 0 Å². The molecule has 0 aliphatic carbocycles. The molecule has 2 aliphatic heterocycles. The Labute approximate surface area is 204 Å². The first-order valence-electron chi connectivity index (χ1n) is 10.7. The Bertz CT molecular complexity index is 1300. The number of thiophene rings is 1. The fourth-order valence-electron chi connectivity index (χ4n) is 4.00. The molecule has 5 amide bonds. The van der Waals surface area contributed by atoms with Crippen LogP contribution in [0.5, 0.6) is 5.75 Å². The van der Waals surface area contributed by atoms with Crippen molar-refractivity contribution in [2.45, 2.75) is 19.0 Å². The van der Waals surface area contributed by atoms with Crippen molar-refractivity contribution in [1.29, 1.82) is 0 Å². The van der Waals surface area contributed by atoms with Gasteiger partial charge in [0.05, 0.1) is 25.6 Å². The standard InChI is InChI=1S/C24H20N4O6S/c1-33-16-8-6-15(7-9-16)18-12-19(20-5-2-10-34-20)28(25-18)21(29)14-27-23(31)22(30)26(24(27)32)13-17-4-3-11-35-17/h2-11,19H,12-14H2,1H3. The summed E-state index contributed by atoms with van der Waals surface area (Å²) >= 11 is 1.36. The van der Waals surface area contributed by atoms with Gasteiger partial charge in [0.2, 0.25) is 0 Å². The molecule has 4 heterocycles. The Morgan fingerprint density at radius 2 is 1.86 bits per heavy atom. The van der Waals surface area contributed by atoms with Crippen LogP contribution in [0.2, 0.25) is 0 Å². The van der Waals surface area contributed by atoms with E-state index in [2.05, 4.69) is 5.10 Å². The zero-order chi connectivity index (χ0) is 24.5. The maximum absolute atomic E-state index is 13.3. The summed E-state index contributed by atoms with van der Waals surface area (Å²) in [5, 5.41) is 7.52. The van der Waals surface area contributed by atoms with Crippen molar-refractivity contribution in [2.75, 3.05) is 13.7 Å². The van der Waals surface area contributed by atoms with Crippen LogP contribution in [0.15, 0.2) is 69.7 Å². The molecule has 1 aromatic carbocycles. The first-order chi connectivity index (χ1) is 17.0. The topological polar surface area (TPSA) is 113 Å². The number of rotatable bonds is 7. The van der Waals surface area contributed by atoms with E-state index in [-0.39, 0.29) is 6.54 Å². The first-order valence-corrected chi connectivity index (χ1v) is 11.6. The normalized spacial score (nSPS) is 18.0. The summed E-state index contributed by atoms with van der Waals surface area (Å²) in [7, 11) is 1.57. The van der Waals surface area contributed by atoms with Gasteiger partial charge < -0.3 is 9.15 Å². The molecular weight excluding hydrogens is 472 g/mol. The fourth-order valence-corrected chi connectivity index (χ4v) is 4.69. The predicted molar refractivity (Wildman–Crippen MR) is 124 cm³/mol. The van der Waals surface area contributed by atoms with Gasteiger partial charge >= 0.3 is 17.8 Å². The van der Waals surface area contributed by atoms with Crippen LogP contribution >= 0.6 is 11.3 Å². The quantitative estimate of drug-likeness (QED) is 0.370. The van der Waals surface area contributed by atoms with E-state index in [9.17, 15) is 19.2 Å². The SMILES string of the molecule is COc1ccc(C2=NN(C(=O)CN3C(=O)C(=O)N(Cc4cccs4)C3=O)C(c3ccco3)C2)cc1. The molecule has 0 radical (unpaired) electrons. The molecule has 3 aromatic rings. The van der Waals surface area contributed by atoms with Crippen molar-refractivity contribution in [2.24, 2.45) is 5.10 Å². The van der Waals surface area contributed by atoms with E-state index in [1.165, 1.54) is 22.6 Å². The number of benzene rings is 1. The van der Waals surface area contributed by atoms with Gasteiger partial charge in [-0.3, -0.25) is 19.3 Å². The van der Waals surface area contributed by atoms with Crippen LogP contribution in [0.3, 0.4) is 0 Å². The van der Waals surface area contributed by atoms with Crippen molar-refractivity contribution in [3.63, 3.8) is 0 Å². The number of hydrazone groups is 1. The molecule has 1 atom stereocenters. The van der Waals surface area contributed by atoms with Crippen molar-refractivity contribution in [1.82, 2.24) is 14.8 Å². The lowest BCUT2D eigenvalue weighted by molar-refractivity contribution is -0.145. The molecule has 2 aromatic heterocycles. The minimum absolute atomic E-state index is 0.0235. The molecule has 0 saturated carbocycles. The molecule has 0 N–H and O–H groups in total. The fraction of sp³-hybridized carbons (Fsp3) is 0.208. The van der Waals surface area contributed by atoms with Crippen LogP contribution in [-0.4, -0.2) is 57.9 Å². The molecule has 0 spiro atoms. The molecule has 1 saturated heterocycles. The highest BCUT2D eigenvalue weighted by Gasteiger charge is 2.46. The highest BCUT2D eigenvalue weighted by atomic mass is 32.1. The van der Waals surface area contributed by atoms with Gasteiger partial charge in [-0.2, -0.15) is 5.10 Å². The summed E-state index contributed by atoms with van der Waals surface area (Å²) in [4.78, 5) is 53.4. The molecule has 11 heteroatoms. The molecule has 178 valence electrons. The third kappa shape index (κ3) is 4.21. The number of imide groups is 2. The third-order valence-corrected chi connectivity index (χ3v) is 6.64. The monoisotopic (exact) mass is 492 g/mol. The molecule has 1 fully saturated rings. The van der Waals surface area contributed by atoms with E-state index in [0.29, 0.717) is 28.5 Å². The lowest BCUT2D eigenvalue weighted by atomic mass is 10.0. The van der Waals surface area contributed by atoms with E-state index in [1.54, 1.807) is 43.5 Å². The number of carbonyl (C=O) groups excluding carboxylic acids is 4. The summed E-state index contributed by atoms with van der Waals surface area (Å²) in [6, 6.07) is 12.9. The summed E-state index contributed by atoms with van der Waals surface area (Å²) in [6.45, 7) is -0.634. The van der Waals surface area contributed by atoms with Crippen LogP contribution in [0.1, 0.15) is 28.7 Å². The smallest absolute Gasteiger partial charge is 0.335 e. The Hall–Kier alpha value is -4.25. The van der Waals surface area contributed by atoms with Crippen LogP contribution in [-0.2, 0) is 20.9 Å². The van der Waals surface area contributed by atoms with Gasteiger partial charge in [-0.25, -0.2) is 14.7 Å². The van der Waals surface area contributed by atoms with Crippen molar-refractivity contribution in [3.05, 3.63) is 76.4 Å². The lowest BCUT2D eigenvalue weighted by Crippen LogP contribution is -2.41. The second kappa shape index (κ2) is 9.18. The van der Waals surface area contributed by atoms with Crippen LogP contribution in [0, 0.1) is 0 Å². The van der Waals surface area contributed by atoms with Crippen LogP contribution in [0.4, 0.5) is 4.79 Å². The number of ether oxygens (including phenoxy) is 1. The summed E-state index contributed by atoms with van der Waals surface area (Å²) < 4.78 is 10.7. The summed E-state index contributed by atoms with van der Waals surface area (Å²) in [5.74, 6) is -1.40. The van der Waals surface area contributed by atoms with Gasteiger partial charge in [-0.05, 0) is 53.4 Å². The van der Waals surface area contributed by atoms with Gasteiger partial charge in [0.1, 0.15) is 24.1 Å². The number of furan rings is 1. The Balaban J connectivity index is 1.37. The first kappa shape index (κ1) is 22.5. The number of hydrogen-bond donors (Lipinski definition) is 0. The lowest BCUT2D eigenvalue weighted by Gasteiger charge is -2.22. The predicted octanol–water partition coefficient (Wildman–Crippen LogP) is 3.02. The number of carbonyl (C=O) groups is 4. The maximum Gasteiger partial charge on any atom is 0.335 e. The zero-order valence-corrected chi connectivity index (χ0v) is 19.4. The Morgan fingerprint density at radius 1 is 1.09 bits per heavy atom. The molecule has 1 unspecified atom stereocenters. The average molecular weight is 493 g/mol. The summed E-state index contributed by atoms with van der Waals surface area (Å²) in [6.07, 6.45) is 1.87. The van der Waals surface area contributed by atoms with Gasteiger partial charge in [-0.15, -0.1) is 11.3 Å². The number of nitrogens with zero attached hydrogens (tertiary/aromatic N) is 4. The second-order valence-corrected chi connectivity index (χ2v) is 8.93. The Morgan fingerprint density at radius 3 is 2.51 bits per heavy atom. The third-order valence-electron chi connectivity index (χ3n) is 5.78. The van der Waals surface area contributed by atoms with Gasteiger partial charge in [0.25, 0.3) is 5.91 Å².